The van der Waals surface area contributed by atoms with Gasteiger partial charge in [0.05, 0.1) is 30.1 Å². The molecule has 2 rings (SSSR count). The van der Waals surface area contributed by atoms with Crippen LogP contribution in [0.3, 0.4) is 0 Å². The monoisotopic (exact) mass is 354 g/mol. The Hall–Kier alpha value is -1.53. The fourth-order valence-electron chi connectivity index (χ4n) is 1.69. The molecule has 2 aromatic rings. The average Bonchev–Trinajstić information content (AvgIpc) is 2.83. The predicted molar refractivity (Wildman–Crippen MR) is 86.2 cm³/mol. The largest absolute Gasteiger partial charge is 0.462 e. The van der Waals surface area contributed by atoms with Gasteiger partial charge in [-0.05, 0) is 52.5 Å². The van der Waals surface area contributed by atoms with Crippen molar-refractivity contribution in [1.29, 1.82) is 0 Å². The number of nitrogens with one attached hydrogen (secondary N) is 1. The van der Waals surface area contributed by atoms with E-state index in [1.165, 1.54) is 4.88 Å². The Balaban J connectivity index is 2.06. The molecule has 0 aliphatic heterocycles. The summed E-state index contributed by atoms with van der Waals surface area (Å²) in [7, 11) is 0. The number of nitrogen functional groups attached to an aromatic ring is 1. The second kappa shape index (κ2) is 6.76. The van der Waals surface area contributed by atoms with E-state index >= 15 is 0 Å². The molecule has 20 heavy (non-hydrogen) atoms. The van der Waals surface area contributed by atoms with Crippen molar-refractivity contribution in [2.24, 2.45) is 0 Å². The van der Waals surface area contributed by atoms with Crippen LogP contribution in [0.1, 0.15) is 22.2 Å². The topological polar surface area (TPSA) is 64.3 Å². The van der Waals surface area contributed by atoms with Crippen molar-refractivity contribution in [2.75, 3.05) is 17.7 Å². The highest BCUT2D eigenvalue weighted by atomic mass is 79.9. The van der Waals surface area contributed by atoms with Gasteiger partial charge in [-0.1, -0.05) is 0 Å². The lowest BCUT2D eigenvalue weighted by Gasteiger charge is -2.10. The number of benzene rings is 1. The summed E-state index contributed by atoms with van der Waals surface area (Å²) in [5, 5.41) is 5.28. The van der Waals surface area contributed by atoms with Gasteiger partial charge in [0.25, 0.3) is 0 Å². The Bertz CT molecular complexity index is 613. The van der Waals surface area contributed by atoms with Crippen molar-refractivity contribution in [1.82, 2.24) is 0 Å². The van der Waals surface area contributed by atoms with Crippen LogP contribution in [-0.4, -0.2) is 12.6 Å². The van der Waals surface area contributed by atoms with Crippen molar-refractivity contribution in [3.05, 3.63) is 44.6 Å². The molecular formula is C14H15BrN2O2S. The molecule has 0 aliphatic rings. The zero-order valence-corrected chi connectivity index (χ0v) is 13.4. The molecule has 0 fully saturated rings. The van der Waals surface area contributed by atoms with Gasteiger partial charge in [-0.2, -0.15) is 0 Å². The van der Waals surface area contributed by atoms with Crippen LogP contribution in [0.25, 0.3) is 0 Å². The number of esters is 1. The minimum atomic E-state index is -0.355. The maximum absolute atomic E-state index is 11.6. The molecule has 4 nitrogen and oxygen atoms in total. The van der Waals surface area contributed by atoms with Gasteiger partial charge >= 0.3 is 5.97 Å². The van der Waals surface area contributed by atoms with E-state index in [0.29, 0.717) is 24.4 Å². The fourth-order valence-corrected chi connectivity index (χ4v) is 3.12. The summed E-state index contributed by atoms with van der Waals surface area (Å²) in [6.45, 7) is 2.81. The molecule has 106 valence electrons. The predicted octanol–water partition coefficient (Wildman–Crippen LogP) is 3.88. The molecule has 1 heterocycles. The summed E-state index contributed by atoms with van der Waals surface area (Å²) in [6.07, 6.45) is 0. The van der Waals surface area contributed by atoms with Crippen LogP contribution in [0.15, 0.2) is 34.1 Å². The lowest BCUT2D eigenvalue weighted by molar-refractivity contribution is 0.0526. The minimum absolute atomic E-state index is 0.352. The fraction of sp³-hybridized carbons (Fsp3) is 0.214. The Kier molecular flexibility index (Phi) is 5.03. The third-order valence-corrected chi connectivity index (χ3v) is 4.62. The number of carbonyl (C=O) groups excluding carboxylic acids is 1. The van der Waals surface area contributed by atoms with Crippen LogP contribution >= 0.6 is 27.3 Å². The number of anilines is 2. The van der Waals surface area contributed by atoms with Gasteiger partial charge in [0.2, 0.25) is 0 Å². The van der Waals surface area contributed by atoms with E-state index < -0.39 is 0 Å². The quantitative estimate of drug-likeness (QED) is 0.631. The number of carbonyl (C=O) groups is 1. The normalized spacial score (nSPS) is 10.3. The lowest BCUT2D eigenvalue weighted by Crippen LogP contribution is -2.07. The third kappa shape index (κ3) is 3.52. The molecule has 0 aliphatic carbocycles. The highest BCUT2D eigenvalue weighted by Crippen LogP contribution is 2.26. The Morgan fingerprint density at radius 3 is 2.85 bits per heavy atom. The molecule has 6 heteroatoms. The average molecular weight is 355 g/mol. The summed E-state index contributed by atoms with van der Waals surface area (Å²) in [5.74, 6) is -0.355. The number of halogens is 1. The Morgan fingerprint density at radius 2 is 2.25 bits per heavy atom. The van der Waals surface area contributed by atoms with Crippen molar-refractivity contribution in [3.8, 4) is 0 Å². The van der Waals surface area contributed by atoms with Crippen molar-refractivity contribution >= 4 is 44.6 Å². The van der Waals surface area contributed by atoms with Crippen LogP contribution in [0.2, 0.25) is 0 Å². The van der Waals surface area contributed by atoms with E-state index in [1.54, 1.807) is 36.5 Å². The molecule has 0 atom stereocenters. The highest BCUT2D eigenvalue weighted by Gasteiger charge is 2.09. The molecule has 1 aromatic carbocycles. The van der Waals surface area contributed by atoms with Gasteiger partial charge in [0.1, 0.15) is 0 Å². The SMILES string of the molecule is CCOC(=O)c1ccc(NCc2sccc2Br)c(N)c1. The van der Waals surface area contributed by atoms with Crippen LogP contribution in [0.4, 0.5) is 11.4 Å². The number of rotatable bonds is 5. The van der Waals surface area contributed by atoms with E-state index in [-0.39, 0.29) is 5.97 Å². The first-order valence-electron chi connectivity index (χ1n) is 6.14. The first-order valence-corrected chi connectivity index (χ1v) is 7.81. The highest BCUT2D eigenvalue weighted by molar-refractivity contribution is 9.10. The van der Waals surface area contributed by atoms with Gasteiger partial charge < -0.3 is 15.8 Å². The second-order valence-electron chi connectivity index (χ2n) is 4.07. The zero-order valence-electron chi connectivity index (χ0n) is 11.0. The van der Waals surface area contributed by atoms with Gasteiger partial charge in [0.15, 0.2) is 0 Å². The molecule has 0 bridgehead atoms. The molecule has 1 aromatic heterocycles. The van der Waals surface area contributed by atoms with E-state index in [4.69, 9.17) is 10.5 Å². The van der Waals surface area contributed by atoms with Gasteiger partial charge in [-0.3, -0.25) is 0 Å². The van der Waals surface area contributed by atoms with Gasteiger partial charge in [-0.25, -0.2) is 4.79 Å². The molecule has 3 N–H and O–H groups in total. The van der Waals surface area contributed by atoms with E-state index in [2.05, 4.69) is 21.2 Å². The number of hydrogen-bond donors (Lipinski definition) is 2. The van der Waals surface area contributed by atoms with Crippen LogP contribution in [0, 0.1) is 0 Å². The van der Waals surface area contributed by atoms with Crippen LogP contribution < -0.4 is 11.1 Å². The van der Waals surface area contributed by atoms with Crippen molar-refractivity contribution in [3.63, 3.8) is 0 Å². The summed E-state index contributed by atoms with van der Waals surface area (Å²) in [6, 6.07) is 7.14. The molecule has 0 saturated heterocycles. The molecule has 0 unspecified atom stereocenters. The summed E-state index contributed by atoms with van der Waals surface area (Å²) < 4.78 is 6.02. The summed E-state index contributed by atoms with van der Waals surface area (Å²) in [4.78, 5) is 12.8. The summed E-state index contributed by atoms with van der Waals surface area (Å²) in [5.41, 5.74) is 7.75. The third-order valence-electron chi connectivity index (χ3n) is 2.69. The molecular weight excluding hydrogens is 340 g/mol. The molecule has 0 spiro atoms. The summed E-state index contributed by atoms with van der Waals surface area (Å²) >= 11 is 5.15. The molecule has 0 amide bonds. The van der Waals surface area contributed by atoms with Crippen LogP contribution in [-0.2, 0) is 11.3 Å². The van der Waals surface area contributed by atoms with E-state index in [9.17, 15) is 4.79 Å². The maximum Gasteiger partial charge on any atom is 0.338 e. The van der Waals surface area contributed by atoms with Gasteiger partial charge in [0, 0.05) is 9.35 Å². The van der Waals surface area contributed by atoms with Crippen molar-refractivity contribution in [2.45, 2.75) is 13.5 Å². The Morgan fingerprint density at radius 1 is 1.45 bits per heavy atom. The zero-order chi connectivity index (χ0) is 14.5. The first-order chi connectivity index (χ1) is 9.61. The van der Waals surface area contributed by atoms with E-state index in [1.807, 2.05) is 11.4 Å². The maximum atomic E-state index is 11.6. The van der Waals surface area contributed by atoms with Gasteiger partial charge in [-0.15, -0.1) is 11.3 Å². The number of thiophene rings is 1. The van der Waals surface area contributed by atoms with Crippen molar-refractivity contribution < 1.29 is 9.53 Å². The first kappa shape index (κ1) is 14.9. The number of hydrogen-bond acceptors (Lipinski definition) is 5. The smallest absolute Gasteiger partial charge is 0.338 e. The second-order valence-corrected chi connectivity index (χ2v) is 5.92. The standard InChI is InChI=1S/C14H15BrN2O2S/c1-2-19-14(18)9-3-4-12(11(16)7-9)17-8-13-10(15)5-6-20-13/h3-7,17H,2,8,16H2,1H3. The number of nitrogens with two attached hydrogens (primary N) is 1. The molecule has 0 saturated carbocycles. The number of ether oxygens (including phenoxy) is 1. The minimum Gasteiger partial charge on any atom is -0.462 e. The molecule has 0 radical (unpaired) electrons. The van der Waals surface area contributed by atoms with E-state index in [0.717, 1.165) is 10.2 Å². The van der Waals surface area contributed by atoms with Crippen LogP contribution in [0.5, 0.6) is 0 Å². The Labute approximate surface area is 130 Å². The lowest BCUT2D eigenvalue weighted by atomic mass is 10.1.